The number of hydrogen-bond donors (Lipinski definition) is 2. The summed E-state index contributed by atoms with van der Waals surface area (Å²) in [6.45, 7) is 9.03. The Hall–Kier alpha value is -0.870. The second kappa shape index (κ2) is 5.41. The average Bonchev–Trinajstić information content (AvgIpc) is 2.77. The van der Waals surface area contributed by atoms with Crippen LogP contribution in [-0.4, -0.2) is 25.5 Å². The number of nitrogens with one attached hydrogen (secondary N) is 2. The van der Waals surface area contributed by atoms with E-state index in [0.717, 1.165) is 13.1 Å². The lowest BCUT2D eigenvalue weighted by atomic mass is 9.87. The topological polar surface area (TPSA) is 41.1 Å². The summed E-state index contributed by atoms with van der Waals surface area (Å²) in [5.74, 6) is 0.811. The van der Waals surface area contributed by atoms with Crippen LogP contribution < -0.4 is 10.6 Å². The fourth-order valence-corrected chi connectivity index (χ4v) is 2.95. The molecule has 2 rings (SSSR count). The summed E-state index contributed by atoms with van der Waals surface area (Å²) in [5, 5.41) is 8.40. The molecule has 1 saturated heterocycles. The van der Waals surface area contributed by atoms with Gasteiger partial charge in [0.1, 0.15) is 0 Å². The molecule has 1 unspecified atom stereocenters. The van der Waals surface area contributed by atoms with Crippen molar-refractivity contribution in [2.75, 3.05) is 19.6 Å². The molecule has 1 aromatic heterocycles. The van der Waals surface area contributed by atoms with Gasteiger partial charge in [0, 0.05) is 22.8 Å². The Morgan fingerprint density at radius 1 is 1.61 bits per heavy atom. The number of hydrogen-bond acceptors (Lipinski definition) is 3. The van der Waals surface area contributed by atoms with Gasteiger partial charge in [0.15, 0.2) is 0 Å². The van der Waals surface area contributed by atoms with Crippen LogP contribution >= 0.6 is 11.3 Å². The average molecular weight is 266 g/mol. The minimum Gasteiger partial charge on any atom is -0.355 e. The normalized spacial score (nSPS) is 18.2. The number of carbonyl (C=O) groups is 1. The van der Waals surface area contributed by atoms with Crippen molar-refractivity contribution in [3.8, 4) is 0 Å². The summed E-state index contributed by atoms with van der Waals surface area (Å²) in [6.07, 6.45) is 0. The van der Waals surface area contributed by atoms with Gasteiger partial charge < -0.3 is 10.6 Å². The zero-order chi connectivity index (χ0) is 13.2. The molecule has 0 radical (unpaired) electrons. The van der Waals surface area contributed by atoms with Crippen LogP contribution in [-0.2, 0) is 10.2 Å². The van der Waals surface area contributed by atoms with Crippen molar-refractivity contribution >= 4 is 17.2 Å². The molecule has 100 valence electrons. The fourth-order valence-electron chi connectivity index (χ4n) is 2.10. The quantitative estimate of drug-likeness (QED) is 0.856. The lowest BCUT2D eigenvalue weighted by molar-refractivity contribution is -0.126. The van der Waals surface area contributed by atoms with Crippen molar-refractivity contribution in [3.05, 3.63) is 22.4 Å². The molecule has 1 fully saturated rings. The van der Waals surface area contributed by atoms with E-state index < -0.39 is 0 Å². The fraction of sp³-hybridized carbons (Fsp3) is 0.643. The van der Waals surface area contributed by atoms with Crippen LogP contribution in [0.2, 0.25) is 0 Å². The van der Waals surface area contributed by atoms with E-state index in [9.17, 15) is 4.79 Å². The molecule has 1 amide bonds. The first-order valence-electron chi connectivity index (χ1n) is 6.53. The number of thiophene rings is 1. The Morgan fingerprint density at radius 2 is 2.33 bits per heavy atom. The van der Waals surface area contributed by atoms with Gasteiger partial charge in [-0.05, 0) is 30.5 Å². The summed E-state index contributed by atoms with van der Waals surface area (Å²) in [5.41, 5.74) is 0.0153. The number of amides is 1. The smallest absolute Gasteiger partial charge is 0.223 e. The molecule has 1 aromatic rings. The van der Waals surface area contributed by atoms with Crippen molar-refractivity contribution < 1.29 is 4.79 Å². The lowest BCUT2D eigenvalue weighted by Crippen LogP contribution is -2.50. The summed E-state index contributed by atoms with van der Waals surface area (Å²) >= 11 is 1.75. The third-order valence-electron chi connectivity index (χ3n) is 3.83. The van der Waals surface area contributed by atoms with Gasteiger partial charge in [-0.1, -0.05) is 26.8 Å². The van der Waals surface area contributed by atoms with E-state index in [2.05, 4.69) is 42.0 Å². The Balaban J connectivity index is 1.85. The van der Waals surface area contributed by atoms with E-state index in [1.807, 2.05) is 6.92 Å². The highest BCUT2D eigenvalue weighted by atomic mass is 32.1. The minimum absolute atomic E-state index is 0.0153. The maximum absolute atomic E-state index is 12.1. The first kappa shape index (κ1) is 13.6. The summed E-state index contributed by atoms with van der Waals surface area (Å²) in [6, 6.07) is 4.20. The highest BCUT2D eigenvalue weighted by Gasteiger charge is 2.30. The summed E-state index contributed by atoms with van der Waals surface area (Å²) in [4.78, 5) is 13.4. The van der Waals surface area contributed by atoms with E-state index in [4.69, 9.17) is 0 Å². The van der Waals surface area contributed by atoms with Gasteiger partial charge in [0.2, 0.25) is 5.91 Å². The summed E-state index contributed by atoms with van der Waals surface area (Å²) < 4.78 is 0. The molecular weight excluding hydrogens is 244 g/mol. The van der Waals surface area contributed by atoms with Crippen molar-refractivity contribution in [1.29, 1.82) is 0 Å². The molecule has 18 heavy (non-hydrogen) atoms. The molecule has 0 spiro atoms. The lowest BCUT2D eigenvalue weighted by Gasteiger charge is -2.32. The second-order valence-corrected chi connectivity index (χ2v) is 6.73. The molecule has 1 aliphatic heterocycles. The van der Waals surface area contributed by atoms with Gasteiger partial charge in [0.25, 0.3) is 0 Å². The molecule has 0 bridgehead atoms. The Labute approximate surface area is 113 Å². The molecule has 1 atom stereocenters. The second-order valence-electron chi connectivity index (χ2n) is 5.79. The minimum atomic E-state index is 0.0153. The maximum atomic E-state index is 12.1. The third-order valence-corrected chi connectivity index (χ3v) is 5.06. The summed E-state index contributed by atoms with van der Waals surface area (Å²) in [7, 11) is 0. The predicted octanol–water partition coefficient (Wildman–Crippen LogP) is 2.00. The molecular formula is C14H22N2OS. The van der Waals surface area contributed by atoms with Gasteiger partial charge in [-0.15, -0.1) is 11.3 Å². The van der Waals surface area contributed by atoms with Crippen LogP contribution in [0.5, 0.6) is 0 Å². The van der Waals surface area contributed by atoms with Gasteiger partial charge in [-0.3, -0.25) is 4.79 Å². The van der Waals surface area contributed by atoms with Crippen LogP contribution in [0, 0.1) is 11.8 Å². The van der Waals surface area contributed by atoms with E-state index >= 15 is 0 Å². The predicted molar refractivity (Wildman–Crippen MR) is 75.9 cm³/mol. The molecule has 4 heteroatoms. The number of carbonyl (C=O) groups excluding carboxylic acids is 1. The van der Waals surface area contributed by atoms with Crippen molar-refractivity contribution in [3.63, 3.8) is 0 Å². The van der Waals surface area contributed by atoms with Crippen molar-refractivity contribution in [1.82, 2.24) is 10.6 Å². The van der Waals surface area contributed by atoms with Crippen molar-refractivity contribution in [2.24, 2.45) is 11.8 Å². The van der Waals surface area contributed by atoms with Gasteiger partial charge >= 0.3 is 0 Å². The molecule has 0 aliphatic carbocycles. The zero-order valence-electron chi connectivity index (χ0n) is 11.3. The van der Waals surface area contributed by atoms with E-state index in [0.29, 0.717) is 12.5 Å². The SMILES string of the molecule is CC(C(=O)NCC(C)(C)c1cccs1)C1CNC1. The van der Waals surface area contributed by atoms with Crippen LogP contribution in [0.1, 0.15) is 25.6 Å². The largest absolute Gasteiger partial charge is 0.355 e. The third kappa shape index (κ3) is 2.93. The van der Waals surface area contributed by atoms with Crippen LogP contribution in [0.15, 0.2) is 17.5 Å². The molecule has 2 N–H and O–H groups in total. The zero-order valence-corrected chi connectivity index (χ0v) is 12.1. The number of rotatable bonds is 5. The van der Waals surface area contributed by atoms with Crippen LogP contribution in [0.3, 0.4) is 0 Å². The van der Waals surface area contributed by atoms with Gasteiger partial charge in [-0.25, -0.2) is 0 Å². The Kier molecular flexibility index (Phi) is 4.07. The standard InChI is InChI=1S/C14H22N2OS/c1-10(11-7-15-8-11)13(17)16-9-14(2,3)12-5-4-6-18-12/h4-6,10-11,15H,7-9H2,1-3H3,(H,16,17). The van der Waals surface area contributed by atoms with Gasteiger partial charge in [0.05, 0.1) is 0 Å². The molecule has 0 aromatic carbocycles. The van der Waals surface area contributed by atoms with Crippen LogP contribution in [0.4, 0.5) is 0 Å². The maximum Gasteiger partial charge on any atom is 0.223 e. The monoisotopic (exact) mass is 266 g/mol. The van der Waals surface area contributed by atoms with Crippen LogP contribution in [0.25, 0.3) is 0 Å². The first-order chi connectivity index (χ1) is 8.50. The Morgan fingerprint density at radius 3 is 2.83 bits per heavy atom. The Bertz CT molecular complexity index is 396. The van der Waals surface area contributed by atoms with E-state index in [1.165, 1.54) is 4.88 Å². The van der Waals surface area contributed by atoms with Gasteiger partial charge in [-0.2, -0.15) is 0 Å². The van der Waals surface area contributed by atoms with E-state index in [1.54, 1.807) is 11.3 Å². The van der Waals surface area contributed by atoms with Crippen molar-refractivity contribution in [2.45, 2.75) is 26.2 Å². The highest BCUT2D eigenvalue weighted by molar-refractivity contribution is 7.10. The van der Waals surface area contributed by atoms with E-state index in [-0.39, 0.29) is 17.2 Å². The first-order valence-corrected chi connectivity index (χ1v) is 7.41. The molecule has 2 heterocycles. The molecule has 3 nitrogen and oxygen atoms in total. The molecule has 1 aliphatic rings. The highest BCUT2D eigenvalue weighted by Crippen LogP contribution is 2.27. The molecule has 0 saturated carbocycles.